The Morgan fingerprint density at radius 2 is 2.00 bits per heavy atom. The number of aliphatic carboxylic acids is 1. The van der Waals surface area contributed by atoms with Crippen molar-refractivity contribution < 1.29 is 24.5 Å². The third-order valence-corrected chi connectivity index (χ3v) is 0.569. The van der Waals surface area contributed by atoms with Gasteiger partial charge in [-0.15, -0.1) is 0 Å². The summed E-state index contributed by atoms with van der Waals surface area (Å²) in [6.45, 7) is -0.747. The van der Waals surface area contributed by atoms with E-state index < -0.39 is 18.7 Å². The van der Waals surface area contributed by atoms with Crippen molar-refractivity contribution in [1.82, 2.24) is 0 Å². The lowest BCUT2D eigenvalue weighted by Gasteiger charge is -1.91. The van der Waals surface area contributed by atoms with E-state index in [2.05, 4.69) is 4.74 Å². The highest BCUT2D eigenvalue weighted by Gasteiger charge is 1.94. The van der Waals surface area contributed by atoms with Gasteiger partial charge in [-0.1, -0.05) is 0 Å². The monoisotopic (exact) mass is 146 g/mol. The molecule has 5 nitrogen and oxygen atoms in total. The molecule has 0 saturated heterocycles. The molecule has 0 spiro atoms. The predicted molar refractivity (Wildman–Crippen MR) is 30.0 cm³/mol. The van der Waals surface area contributed by atoms with Crippen molar-refractivity contribution >= 4 is 11.9 Å². The van der Waals surface area contributed by atoms with Crippen molar-refractivity contribution in [2.45, 2.75) is 0 Å². The summed E-state index contributed by atoms with van der Waals surface area (Å²) in [4.78, 5) is 20.0. The molecule has 0 atom stereocenters. The minimum absolute atomic E-state index is 0.623. The van der Waals surface area contributed by atoms with Crippen molar-refractivity contribution in [1.29, 1.82) is 0 Å². The lowest BCUT2D eigenvalue weighted by Crippen LogP contribution is -2.02. The van der Waals surface area contributed by atoms with Crippen molar-refractivity contribution in [2.24, 2.45) is 0 Å². The first-order valence-corrected chi connectivity index (χ1v) is 2.35. The Morgan fingerprint density at radius 3 is 2.40 bits per heavy atom. The molecule has 0 radical (unpaired) electrons. The summed E-state index contributed by atoms with van der Waals surface area (Å²) < 4.78 is 3.96. The van der Waals surface area contributed by atoms with Gasteiger partial charge in [0.25, 0.3) is 0 Å². The van der Waals surface area contributed by atoms with Crippen LogP contribution < -0.4 is 0 Å². The third kappa shape index (κ3) is 4.79. The molecule has 56 valence electrons. The minimum atomic E-state index is -1.24. The summed E-state index contributed by atoms with van der Waals surface area (Å²) in [5.41, 5.74) is 0. The topological polar surface area (TPSA) is 83.8 Å². The number of esters is 1. The van der Waals surface area contributed by atoms with Crippen LogP contribution in [0, 0.1) is 0 Å². The quantitative estimate of drug-likeness (QED) is 0.307. The first-order valence-electron chi connectivity index (χ1n) is 2.35. The third-order valence-electron chi connectivity index (χ3n) is 0.569. The fourth-order valence-electron chi connectivity index (χ4n) is 0.251. The Bertz CT molecular complexity index is 159. The second-order valence-corrected chi connectivity index (χ2v) is 1.26. The average Bonchev–Trinajstić information content (AvgIpc) is 1.85. The summed E-state index contributed by atoms with van der Waals surface area (Å²) in [5.74, 6) is -2.13. The van der Waals surface area contributed by atoms with E-state index in [9.17, 15) is 9.59 Å². The molecule has 0 aromatic heterocycles. The number of aliphatic hydroxyl groups excluding tert-OH is 1. The van der Waals surface area contributed by atoms with Gasteiger partial charge < -0.3 is 14.9 Å². The van der Waals surface area contributed by atoms with E-state index in [4.69, 9.17) is 10.2 Å². The van der Waals surface area contributed by atoms with E-state index in [0.29, 0.717) is 12.2 Å². The molecule has 0 amide bonds. The largest absolute Gasteiger partial charge is 0.478 e. The van der Waals surface area contributed by atoms with Gasteiger partial charge in [-0.3, -0.25) is 0 Å². The van der Waals surface area contributed by atoms with Gasteiger partial charge in [-0.25, -0.2) is 9.59 Å². The molecule has 0 aromatic rings. The van der Waals surface area contributed by atoms with Crippen molar-refractivity contribution in [3.05, 3.63) is 12.2 Å². The lowest BCUT2D eigenvalue weighted by atomic mass is 10.5. The van der Waals surface area contributed by atoms with Gasteiger partial charge >= 0.3 is 11.9 Å². The van der Waals surface area contributed by atoms with Gasteiger partial charge in [0.1, 0.15) is 0 Å². The maximum Gasteiger partial charge on any atom is 0.333 e. The molecule has 5 heteroatoms. The molecule has 0 bridgehead atoms. The van der Waals surface area contributed by atoms with Crippen molar-refractivity contribution in [3.63, 3.8) is 0 Å². The zero-order chi connectivity index (χ0) is 7.98. The Morgan fingerprint density at radius 1 is 1.40 bits per heavy atom. The van der Waals surface area contributed by atoms with Crippen LogP contribution in [-0.4, -0.2) is 28.9 Å². The van der Waals surface area contributed by atoms with Crippen LogP contribution >= 0.6 is 0 Å². The highest BCUT2D eigenvalue weighted by atomic mass is 16.6. The number of rotatable bonds is 3. The van der Waals surface area contributed by atoms with Crippen molar-refractivity contribution in [2.75, 3.05) is 6.79 Å². The number of carbonyl (C=O) groups is 2. The molecule has 0 heterocycles. The van der Waals surface area contributed by atoms with E-state index in [-0.39, 0.29) is 0 Å². The van der Waals surface area contributed by atoms with Crippen LogP contribution in [0.3, 0.4) is 0 Å². The summed E-state index contributed by atoms with van der Waals surface area (Å²) in [5, 5.41) is 16.0. The minimum Gasteiger partial charge on any atom is -0.478 e. The smallest absolute Gasteiger partial charge is 0.333 e. The van der Waals surface area contributed by atoms with E-state index in [1.807, 2.05) is 0 Å². The summed E-state index contributed by atoms with van der Waals surface area (Å²) in [7, 11) is 0. The van der Waals surface area contributed by atoms with Crippen LogP contribution in [0.5, 0.6) is 0 Å². The molecule has 2 N–H and O–H groups in total. The maximum absolute atomic E-state index is 10.2. The number of ether oxygens (including phenoxy) is 1. The summed E-state index contributed by atoms with van der Waals surface area (Å²) in [6.07, 6.45) is 1.33. The molecule has 10 heavy (non-hydrogen) atoms. The number of carboxylic acids is 1. The number of hydrogen-bond donors (Lipinski definition) is 2. The fourth-order valence-corrected chi connectivity index (χ4v) is 0.251. The van der Waals surface area contributed by atoms with Gasteiger partial charge in [0, 0.05) is 12.2 Å². The molecule has 0 aliphatic rings. The first kappa shape index (κ1) is 8.64. The molecular formula is C5H6O5. The number of hydrogen-bond acceptors (Lipinski definition) is 4. The highest BCUT2D eigenvalue weighted by Crippen LogP contribution is 1.79. The molecule has 0 saturated carbocycles. The average molecular weight is 146 g/mol. The molecule has 0 aromatic carbocycles. The normalized spacial score (nSPS) is 9.70. The fraction of sp³-hybridized carbons (Fsp3) is 0.200. The van der Waals surface area contributed by atoms with Crippen LogP contribution in [0.1, 0.15) is 0 Å². The number of carbonyl (C=O) groups excluding carboxylic acids is 1. The van der Waals surface area contributed by atoms with E-state index in [0.717, 1.165) is 0 Å². The number of aliphatic hydroxyl groups is 1. The van der Waals surface area contributed by atoms with Crippen LogP contribution in [-0.2, 0) is 14.3 Å². The second-order valence-electron chi connectivity index (χ2n) is 1.26. The predicted octanol–water partition coefficient (Wildman–Crippen LogP) is -0.880. The zero-order valence-corrected chi connectivity index (χ0v) is 4.98. The standard InChI is InChI=1S/C5H6O5/c6-3-10-5(9)2-1-4(7)8/h1-2,6H,3H2,(H,7,8)/b2-1+. The SMILES string of the molecule is O=C(O)/C=C/C(=O)OCO. The molecule has 0 unspecified atom stereocenters. The molecule has 0 aliphatic carbocycles. The van der Waals surface area contributed by atoms with Gasteiger partial charge in [0.2, 0.25) is 0 Å². The zero-order valence-electron chi connectivity index (χ0n) is 4.98. The summed E-state index contributed by atoms with van der Waals surface area (Å²) >= 11 is 0. The maximum atomic E-state index is 10.2. The molecule has 0 rings (SSSR count). The van der Waals surface area contributed by atoms with E-state index in [1.54, 1.807) is 0 Å². The van der Waals surface area contributed by atoms with Gasteiger partial charge in [0.05, 0.1) is 0 Å². The van der Waals surface area contributed by atoms with Crippen LogP contribution in [0.25, 0.3) is 0 Å². The molecular weight excluding hydrogens is 140 g/mol. The number of carboxylic acid groups (broad SMARTS) is 1. The Kier molecular flexibility index (Phi) is 3.90. The molecule has 0 fully saturated rings. The first-order chi connectivity index (χ1) is 4.66. The highest BCUT2D eigenvalue weighted by molar-refractivity contribution is 5.90. The lowest BCUT2D eigenvalue weighted by molar-refractivity contribution is -0.146. The van der Waals surface area contributed by atoms with Crippen LogP contribution in [0.15, 0.2) is 12.2 Å². The van der Waals surface area contributed by atoms with Crippen LogP contribution in [0.4, 0.5) is 0 Å². The van der Waals surface area contributed by atoms with E-state index >= 15 is 0 Å². The van der Waals surface area contributed by atoms with E-state index in [1.165, 1.54) is 0 Å². The second kappa shape index (κ2) is 4.51. The van der Waals surface area contributed by atoms with Crippen molar-refractivity contribution in [3.8, 4) is 0 Å². The summed E-state index contributed by atoms with van der Waals surface area (Å²) in [6, 6.07) is 0. The van der Waals surface area contributed by atoms with Gasteiger partial charge in [-0.2, -0.15) is 0 Å². The van der Waals surface area contributed by atoms with Gasteiger partial charge in [-0.05, 0) is 0 Å². The Hall–Kier alpha value is -1.36. The Balaban J connectivity index is 3.67. The molecule has 0 aliphatic heterocycles. The van der Waals surface area contributed by atoms with Crippen LogP contribution in [0.2, 0.25) is 0 Å². The Labute approximate surface area is 56.5 Å². The van der Waals surface area contributed by atoms with Gasteiger partial charge in [0.15, 0.2) is 6.79 Å².